The van der Waals surface area contributed by atoms with Gasteiger partial charge in [0.1, 0.15) is 6.26 Å². The minimum atomic E-state index is 0.261. The summed E-state index contributed by atoms with van der Waals surface area (Å²) in [4.78, 5) is 7.83. The summed E-state index contributed by atoms with van der Waals surface area (Å²) >= 11 is 1.64. The van der Waals surface area contributed by atoms with Crippen molar-refractivity contribution in [2.45, 2.75) is 32.9 Å². The van der Waals surface area contributed by atoms with E-state index in [1.54, 1.807) is 17.6 Å². The van der Waals surface area contributed by atoms with Gasteiger partial charge in [0.2, 0.25) is 5.89 Å². The molecule has 2 N–H and O–H groups in total. The lowest BCUT2D eigenvalue weighted by atomic mass is 10.0. The van der Waals surface area contributed by atoms with E-state index in [9.17, 15) is 0 Å². The van der Waals surface area contributed by atoms with Crippen LogP contribution in [0.1, 0.15) is 26.0 Å². The molecule has 0 aromatic carbocycles. The van der Waals surface area contributed by atoms with E-state index in [0.717, 1.165) is 30.1 Å². The van der Waals surface area contributed by atoms with Crippen molar-refractivity contribution in [3.63, 3.8) is 0 Å². The van der Waals surface area contributed by atoms with Crippen molar-refractivity contribution in [1.82, 2.24) is 9.88 Å². The van der Waals surface area contributed by atoms with Crippen molar-refractivity contribution in [2.75, 3.05) is 13.6 Å². The molecule has 0 bridgehead atoms. The van der Waals surface area contributed by atoms with Gasteiger partial charge in [-0.05, 0) is 37.4 Å². The molecule has 0 aliphatic carbocycles. The summed E-state index contributed by atoms with van der Waals surface area (Å²) in [5.41, 5.74) is 7.03. The molecule has 0 aliphatic heterocycles. The standard InChI is InChI=1S/C15H23N3OS/c1-11(2)13(16)6-7-18(3)9-12-10-19-15(17-12)14-5-4-8-20-14/h4-5,8,10-11,13H,6-7,9,16H2,1-3H3. The maximum absolute atomic E-state index is 6.07. The van der Waals surface area contributed by atoms with E-state index < -0.39 is 0 Å². The molecule has 0 spiro atoms. The first-order valence-electron chi connectivity index (χ1n) is 6.98. The van der Waals surface area contributed by atoms with Crippen molar-refractivity contribution in [2.24, 2.45) is 11.7 Å². The highest BCUT2D eigenvalue weighted by molar-refractivity contribution is 7.13. The van der Waals surface area contributed by atoms with Gasteiger partial charge in [-0.2, -0.15) is 0 Å². The van der Waals surface area contributed by atoms with E-state index in [2.05, 4.69) is 30.8 Å². The molecule has 0 saturated carbocycles. The minimum Gasteiger partial charge on any atom is -0.444 e. The summed E-state index contributed by atoms with van der Waals surface area (Å²) in [6.45, 7) is 6.09. The van der Waals surface area contributed by atoms with Crippen LogP contribution in [0.15, 0.2) is 28.2 Å². The SMILES string of the molecule is CC(C)C(N)CCN(C)Cc1coc(-c2cccs2)n1. The Morgan fingerprint density at radius 1 is 1.45 bits per heavy atom. The van der Waals surface area contributed by atoms with Gasteiger partial charge in [0.25, 0.3) is 0 Å². The third kappa shape index (κ3) is 4.16. The number of hydrogen-bond donors (Lipinski definition) is 1. The zero-order valence-corrected chi connectivity index (χ0v) is 13.2. The van der Waals surface area contributed by atoms with Crippen molar-refractivity contribution in [3.05, 3.63) is 29.5 Å². The Balaban J connectivity index is 1.84. The van der Waals surface area contributed by atoms with Gasteiger partial charge in [-0.25, -0.2) is 4.98 Å². The lowest BCUT2D eigenvalue weighted by Crippen LogP contribution is -2.31. The molecule has 2 aromatic heterocycles. The maximum Gasteiger partial charge on any atom is 0.236 e. The second-order valence-electron chi connectivity index (χ2n) is 5.56. The van der Waals surface area contributed by atoms with Gasteiger partial charge in [-0.15, -0.1) is 11.3 Å². The molecule has 0 amide bonds. The first-order valence-corrected chi connectivity index (χ1v) is 7.86. The van der Waals surface area contributed by atoms with Crippen LogP contribution in [-0.2, 0) is 6.54 Å². The number of oxazole rings is 1. The lowest BCUT2D eigenvalue weighted by Gasteiger charge is -2.20. The molecule has 2 aromatic rings. The topological polar surface area (TPSA) is 55.3 Å². The molecule has 0 saturated heterocycles. The predicted octanol–water partition coefficient (Wildman–Crippen LogP) is 3.21. The molecule has 2 heterocycles. The van der Waals surface area contributed by atoms with E-state index >= 15 is 0 Å². The van der Waals surface area contributed by atoms with Crippen LogP contribution in [0.2, 0.25) is 0 Å². The Kier molecular flexibility index (Phi) is 5.34. The maximum atomic E-state index is 6.07. The number of nitrogens with two attached hydrogens (primary N) is 1. The van der Waals surface area contributed by atoms with Crippen molar-refractivity contribution < 1.29 is 4.42 Å². The summed E-state index contributed by atoms with van der Waals surface area (Å²) in [6.07, 6.45) is 2.75. The summed E-state index contributed by atoms with van der Waals surface area (Å²) in [6, 6.07) is 4.28. The van der Waals surface area contributed by atoms with E-state index in [4.69, 9.17) is 10.2 Å². The molecule has 4 nitrogen and oxygen atoms in total. The van der Waals surface area contributed by atoms with Crippen LogP contribution in [0.25, 0.3) is 10.8 Å². The van der Waals surface area contributed by atoms with Crippen molar-refractivity contribution >= 4 is 11.3 Å². The van der Waals surface area contributed by atoms with Crippen LogP contribution in [0, 0.1) is 5.92 Å². The first kappa shape index (κ1) is 15.2. The Morgan fingerprint density at radius 3 is 2.90 bits per heavy atom. The zero-order chi connectivity index (χ0) is 14.5. The van der Waals surface area contributed by atoms with Gasteiger partial charge in [0.15, 0.2) is 0 Å². The molecule has 20 heavy (non-hydrogen) atoms. The number of thiophene rings is 1. The van der Waals surface area contributed by atoms with Crippen molar-refractivity contribution in [3.8, 4) is 10.8 Å². The molecule has 0 aliphatic rings. The number of rotatable bonds is 7. The van der Waals surface area contributed by atoms with Gasteiger partial charge < -0.3 is 15.1 Å². The summed E-state index contributed by atoms with van der Waals surface area (Å²) in [5, 5.41) is 2.03. The Bertz CT molecular complexity index is 507. The highest BCUT2D eigenvalue weighted by Gasteiger charge is 2.12. The van der Waals surface area contributed by atoms with Gasteiger partial charge in [0, 0.05) is 12.6 Å². The summed E-state index contributed by atoms with van der Waals surface area (Å²) in [7, 11) is 2.09. The number of aromatic nitrogens is 1. The van der Waals surface area contributed by atoms with Crippen LogP contribution >= 0.6 is 11.3 Å². The van der Waals surface area contributed by atoms with Crippen LogP contribution in [0.4, 0.5) is 0 Å². The number of hydrogen-bond acceptors (Lipinski definition) is 5. The van der Waals surface area contributed by atoms with Gasteiger partial charge in [0.05, 0.1) is 10.6 Å². The monoisotopic (exact) mass is 293 g/mol. The third-order valence-corrected chi connectivity index (χ3v) is 4.27. The fourth-order valence-corrected chi connectivity index (χ4v) is 2.61. The molecular formula is C15H23N3OS. The third-order valence-electron chi connectivity index (χ3n) is 3.42. The second-order valence-corrected chi connectivity index (χ2v) is 6.50. The average molecular weight is 293 g/mol. The van der Waals surface area contributed by atoms with E-state index in [0.29, 0.717) is 11.8 Å². The number of nitrogens with zero attached hydrogens (tertiary/aromatic N) is 2. The van der Waals surface area contributed by atoms with E-state index in [-0.39, 0.29) is 6.04 Å². The fourth-order valence-electron chi connectivity index (χ4n) is 1.95. The van der Waals surface area contributed by atoms with E-state index in [1.165, 1.54) is 0 Å². The molecule has 1 atom stereocenters. The summed E-state index contributed by atoms with van der Waals surface area (Å²) in [5.74, 6) is 1.24. The van der Waals surface area contributed by atoms with Crippen LogP contribution in [-0.4, -0.2) is 29.5 Å². The second kappa shape index (κ2) is 7.02. The minimum absolute atomic E-state index is 0.261. The van der Waals surface area contributed by atoms with E-state index in [1.807, 2.05) is 17.5 Å². The molecule has 2 rings (SSSR count). The van der Waals surface area contributed by atoms with Crippen LogP contribution < -0.4 is 5.73 Å². The highest BCUT2D eigenvalue weighted by atomic mass is 32.1. The molecule has 0 fully saturated rings. The van der Waals surface area contributed by atoms with Crippen LogP contribution in [0.5, 0.6) is 0 Å². The largest absolute Gasteiger partial charge is 0.444 e. The summed E-state index contributed by atoms with van der Waals surface area (Å²) < 4.78 is 5.52. The highest BCUT2D eigenvalue weighted by Crippen LogP contribution is 2.23. The molecule has 5 heteroatoms. The lowest BCUT2D eigenvalue weighted by molar-refractivity contribution is 0.293. The Morgan fingerprint density at radius 2 is 2.25 bits per heavy atom. The van der Waals surface area contributed by atoms with Gasteiger partial charge in [-0.1, -0.05) is 19.9 Å². The average Bonchev–Trinajstić information content (AvgIpc) is 3.05. The zero-order valence-electron chi connectivity index (χ0n) is 12.4. The Labute approximate surface area is 124 Å². The Hall–Kier alpha value is -1.17. The van der Waals surface area contributed by atoms with Gasteiger partial charge in [-0.3, -0.25) is 0 Å². The molecule has 1 unspecified atom stereocenters. The molecule has 110 valence electrons. The van der Waals surface area contributed by atoms with Gasteiger partial charge >= 0.3 is 0 Å². The smallest absolute Gasteiger partial charge is 0.236 e. The fraction of sp³-hybridized carbons (Fsp3) is 0.533. The van der Waals surface area contributed by atoms with Crippen molar-refractivity contribution in [1.29, 1.82) is 0 Å². The normalized spacial score (nSPS) is 13.3. The van der Waals surface area contributed by atoms with Crippen LogP contribution in [0.3, 0.4) is 0 Å². The quantitative estimate of drug-likeness (QED) is 0.851. The molecule has 0 radical (unpaired) electrons. The molecular weight excluding hydrogens is 270 g/mol. The first-order chi connectivity index (χ1) is 9.56. The predicted molar refractivity (Wildman–Crippen MR) is 83.6 cm³/mol.